The quantitative estimate of drug-likeness (QED) is 0.742. The molecule has 0 bridgehead atoms. The molecule has 140 valence electrons. The molecule has 0 unspecified atom stereocenters. The van der Waals surface area contributed by atoms with Gasteiger partial charge in [0.15, 0.2) is 0 Å². The average molecular weight is 443 g/mol. The molecule has 0 aliphatic heterocycles. The van der Waals surface area contributed by atoms with Crippen molar-refractivity contribution in [3.63, 3.8) is 0 Å². The van der Waals surface area contributed by atoms with Crippen LogP contribution < -0.4 is 10.0 Å². The highest BCUT2D eigenvalue weighted by molar-refractivity contribution is 9.10. The second-order valence-electron chi connectivity index (χ2n) is 6.81. The highest BCUT2D eigenvalue weighted by Gasteiger charge is 2.23. The number of amides is 1. The van der Waals surface area contributed by atoms with Gasteiger partial charge in [-0.25, -0.2) is 17.5 Å². The molecule has 0 saturated heterocycles. The lowest BCUT2D eigenvalue weighted by molar-refractivity contribution is 0.0950. The smallest absolute Gasteiger partial charge is 0.252 e. The van der Waals surface area contributed by atoms with Crippen molar-refractivity contribution < 1.29 is 17.6 Å². The number of halogens is 2. The normalized spacial score (nSPS) is 12.0. The monoisotopic (exact) mass is 442 g/mol. The van der Waals surface area contributed by atoms with Crippen LogP contribution in [-0.2, 0) is 16.6 Å². The van der Waals surface area contributed by atoms with E-state index >= 15 is 0 Å². The molecule has 1 amide bonds. The van der Waals surface area contributed by atoms with E-state index in [1.54, 1.807) is 32.9 Å². The van der Waals surface area contributed by atoms with Gasteiger partial charge in [0.05, 0.1) is 10.5 Å². The lowest BCUT2D eigenvalue weighted by atomic mass is 10.1. The van der Waals surface area contributed by atoms with Gasteiger partial charge < -0.3 is 5.32 Å². The van der Waals surface area contributed by atoms with Crippen molar-refractivity contribution in [1.29, 1.82) is 0 Å². The summed E-state index contributed by atoms with van der Waals surface area (Å²) in [6.45, 7) is 5.40. The van der Waals surface area contributed by atoms with E-state index in [9.17, 15) is 17.6 Å². The predicted octanol–water partition coefficient (Wildman–Crippen LogP) is 3.60. The fourth-order valence-corrected chi connectivity index (χ4v) is 4.06. The summed E-state index contributed by atoms with van der Waals surface area (Å²) in [5, 5.41) is 2.70. The second kappa shape index (κ2) is 7.85. The zero-order valence-corrected chi connectivity index (χ0v) is 17.0. The van der Waals surface area contributed by atoms with Crippen LogP contribution in [0.3, 0.4) is 0 Å². The Bertz CT molecular complexity index is 907. The van der Waals surface area contributed by atoms with Crippen LogP contribution in [0.25, 0.3) is 0 Å². The Morgan fingerprint density at radius 2 is 1.73 bits per heavy atom. The molecule has 0 aliphatic carbocycles. The summed E-state index contributed by atoms with van der Waals surface area (Å²) in [6.07, 6.45) is 0. The fourth-order valence-electron chi connectivity index (χ4n) is 2.19. The molecular formula is C18H20BrFN2O3S. The Hall–Kier alpha value is -1.77. The first-order valence-corrected chi connectivity index (χ1v) is 10.1. The first-order chi connectivity index (χ1) is 12.0. The van der Waals surface area contributed by atoms with Crippen LogP contribution in [-0.4, -0.2) is 19.9 Å². The summed E-state index contributed by atoms with van der Waals surface area (Å²) >= 11 is 3.27. The number of hydrogen-bond donors (Lipinski definition) is 2. The lowest BCUT2D eigenvalue weighted by Gasteiger charge is -2.20. The summed E-state index contributed by atoms with van der Waals surface area (Å²) < 4.78 is 40.8. The van der Waals surface area contributed by atoms with Crippen molar-refractivity contribution in [3.05, 3.63) is 63.9 Å². The van der Waals surface area contributed by atoms with Crippen LogP contribution in [0.2, 0.25) is 0 Å². The first kappa shape index (κ1) is 20.5. The minimum absolute atomic E-state index is 0.00237. The summed E-state index contributed by atoms with van der Waals surface area (Å²) in [7, 11) is -3.76. The van der Waals surface area contributed by atoms with Crippen molar-refractivity contribution in [2.45, 2.75) is 37.8 Å². The lowest BCUT2D eigenvalue weighted by Crippen LogP contribution is -2.40. The number of carbonyl (C=O) groups is 1. The van der Waals surface area contributed by atoms with Gasteiger partial charge in [0.25, 0.3) is 5.91 Å². The molecule has 2 aromatic rings. The molecule has 0 heterocycles. The summed E-state index contributed by atoms with van der Waals surface area (Å²) in [5.41, 5.74) is 0.287. The van der Waals surface area contributed by atoms with E-state index in [2.05, 4.69) is 26.0 Å². The van der Waals surface area contributed by atoms with Gasteiger partial charge in [-0.2, -0.15) is 0 Å². The average Bonchev–Trinajstić information content (AvgIpc) is 2.52. The maximum Gasteiger partial charge on any atom is 0.252 e. The Morgan fingerprint density at radius 3 is 2.31 bits per heavy atom. The van der Waals surface area contributed by atoms with Crippen LogP contribution in [0, 0.1) is 5.82 Å². The molecule has 8 heteroatoms. The van der Waals surface area contributed by atoms with Crippen LogP contribution in [0.15, 0.2) is 51.8 Å². The Labute approximate surface area is 161 Å². The largest absolute Gasteiger partial charge is 0.348 e. The van der Waals surface area contributed by atoms with E-state index in [0.717, 1.165) is 5.56 Å². The minimum atomic E-state index is -3.76. The molecule has 0 fully saturated rings. The van der Waals surface area contributed by atoms with Gasteiger partial charge in [0.1, 0.15) is 5.82 Å². The Balaban J connectivity index is 2.20. The van der Waals surface area contributed by atoms with Crippen LogP contribution in [0.5, 0.6) is 0 Å². The highest BCUT2D eigenvalue weighted by atomic mass is 79.9. The van der Waals surface area contributed by atoms with Gasteiger partial charge in [0, 0.05) is 16.6 Å². The van der Waals surface area contributed by atoms with Crippen LogP contribution in [0.4, 0.5) is 4.39 Å². The fraction of sp³-hybridized carbons (Fsp3) is 0.278. The number of rotatable bonds is 5. The van der Waals surface area contributed by atoms with Gasteiger partial charge in [0.2, 0.25) is 10.0 Å². The second-order valence-corrected chi connectivity index (χ2v) is 9.34. The van der Waals surface area contributed by atoms with Gasteiger partial charge in [-0.1, -0.05) is 12.1 Å². The van der Waals surface area contributed by atoms with Crippen molar-refractivity contribution in [3.8, 4) is 0 Å². The molecular weight excluding hydrogens is 423 g/mol. The third kappa shape index (κ3) is 5.62. The Morgan fingerprint density at radius 1 is 1.12 bits per heavy atom. The standard InChI is InChI=1S/C18H20BrFN2O3S/c1-18(2,3)22-26(24,25)14-8-9-16(19)15(10-14)17(23)21-11-12-4-6-13(20)7-5-12/h4-10,22H,11H2,1-3H3,(H,21,23). The van der Waals surface area contributed by atoms with E-state index in [0.29, 0.717) is 4.47 Å². The molecule has 0 aliphatic rings. The first-order valence-electron chi connectivity index (χ1n) is 7.84. The zero-order chi connectivity index (χ0) is 19.5. The third-order valence-electron chi connectivity index (χ3n) is 3.30. The molecule has 2 aromatic carbocycles. The molecule has 0 saturated carbocycles. The van der Waals surface area contributed by atoms with E-state index in [1.165, 1.54) is 30.3 Å². The van der Waals surface area contributed by atoms with Crippen molar-refractivity contribution in [2.24, 2.45) is 0 Å². The summed E-state index contributed by atoms with van der Waals surface area (Å²) in [5.74, 6) is -0.791. The van der Waals surface area contributed by atoms with Gasteiger partial charge in [-0.15, -0.1) is 0 Å². The van der Waals surface area contributed by atoms with Crippen molar-refractivity contribution in [2.75, 3.05) is 0 Å². The molecule has 2 rings (SSSR count). The van der Waals surface area contributed by atoms with Crippen molar-refractivity contribution in [1.82, 2.24) is 10.0 Å². The Kier molecular flexibility index (Phi) is 6.21. The predicted molar refractivity (Wildman–Crippen MR) is 102 cm³/mol. The van der Waals surface area contributed by atoms with Gasteiger partial charge in [-0.3, -0.25) is 4.79 Å². The number of nitrogens with one attached hydrogen (secondary N) is 2. The maximum absolute atomic E-state index is 12.9. The highest BCUT2D eigenvalue weighted by Crippen LogP contribution is 2.22. The number of carbonyl (C=O) groups excluding carboxylic acids is 1. The van der Waals surface area contributed by atoms with Crippen molar-refractivity contribution >= 4 is 31.9 Å². The molecule has 5 nitrogen and oxygen atoms in total. The number of sulfonamides is 1. The molecule has 0 spiro atoms. The van der Waals surface area contributed by atoms with Crippen LogP contribution in [0.1, 0.15) is 36.7 Å². The summed E-state index contributed by atoms with van der Waals surface area (Å²) in [4.78, 5) is 12.4. The van der Waals surface area contributed by atoms with E-state index in [1.807, 2.05) is 0 Å². The van der Waals surface area contributed by atoms with E-state index in [4.69, 9.17) is 0 Å². The van der Waals surface area contributed by atoms with E-state index in [-0.39, 0.29) is 22.8 Å². The SMILES string of the molecule is CC(C)(C)NS(=O)(=O)c1ccc(Br)c(C(=O)NCc2ccc(F)cc2)c1. The number of hydrogen-bond acceptors (Lipinski definition) is 3. The van der Waals surface area contributed by atoms with Gasteiger partial charge >= 0.3 is 0 Å². The molecule has 26 heavy (non-hydrogen) atoms. The zero-order valence-electron chi connectivity index (χ0n) is 14.6. The maximum atomic E-state index is 12.9. The number of benzene rings is 2. The molecule has 2 N–H and O–H groups in total. The molecule has 0 atom stereocenters. The molecule has 0 radical (unpaired) electrons. The van der Waals surface area contributed by atoms with E-state index < -0.39 is 21.5 Å². The third-order valence-corrected chi connectivity index (χ3v) is 5.75. The topological polar surface area (TPSA) is 75.3 Å². The van der Waals surface area contributed by atoms with Crippen LogP contribution >= 0.6 is 15.9 Å². The van der Waals surface area contributed by atoms with Gasteiger partial charge in [-0.05, 0) is 72.6 Å². The molecule has 0 aromatic heterocycles. The summed E-state index contributed by atoms with van der Waals surface area (Å²) in [6, 6.07) is 10.0. The minimum Gasteiger partial charge on any atom is -0.348 e.